The number of halogens is 3. The number of ether oxygens (including phenoxy) is 1. The molecule has 0 aliphatic carbocycles. The molecule has 2 nitrogen and oxygen atoms in total. The molecular weight excluding hydrogens is 292 g/mol. The van der Waals surface area contributed by atoms with Gasteiger partial charge in [0.2, 0.25) is 0 Å². The van der Waals surface area contributed by atoms with Gasteiger partial charge >= 0.3 is 6.43 Å². The Labute approximate surface area is 108 Å². The van der Waals surface area contributed by atoms with Crippen LogP contribution < -0.4 is 0 Å². The highest BCUT2D eigenvalue weighted by molar-refractivity contribution is 9.10. The molecule has 0 N–H and O–H groups in total. The second kappa shape index (κ2) is 5.89. The first-order valence-corrected chi connectivity index (χ1v) is 6.23. The second-order valence-corrected chi connectivity index (χ2v) is 4.82. The lowest BCUT2D eigenvalue weighted by Crippen LogP contribution is -2.35. The number of benzene rings is 1. The summed E-state index contributed by atoms with van der Waals surface area (Å²) in [5, 5.41) is 0. The molecule has 1 aromatic carbocycles. The Morgan fingerprint density at radius 3 is 2.59 bits per heavy atom. The van der Waals surface area contributed by atoms with Crippen LogP contribution in [0.15, 0.2) is 22.7 Å². The van der Waals surface area contributed by atoms with Crippen molar-refractivity contribution in [2.24, 2.45) is 0 Å². The minimum Gasteiger partial charge on any atom is -0.379 e. The van der Waals surface area contributed by atoms with E-state index in [0.29, 0.717) is 4.47 Å². The Morgan fingerprint density at radius 1 is 1.29 bits per heavy atom. The van der Waals surface area contributed by atoms with Crippen molar-refractivity contribution < 1.29 is 13.5 Å². The minimum atomic E-state index is -1.66. The van der Waals surface area contributed by atoms with Gasteiger partial charge in [0.1, 0.15) is 0 Å². The Morgan fingerprint density at radius 2 is 2.00 bits per heavy atom. The molecule has 93 valence electrons. The number of morpholine rings is 1. The van der Waals surface area contributed by atoms with E-state index in [1.165, 1.54) is 6.07 Å². The number of hydrogen-bond acceptors (Lipinski definition) is 2. The molecule has 0 bridgehead atoms. The zero-order valence-electron chi connectivity index (χ0n) is 9.26. The summed E-state index contributed by atoms with van der Waals surface area (Å²) >= 11 is 3.17. The standard InChI is InChI=1S/C12H13BrF2NO/c13-11-7-9(1-2-10(11)12(14)15)8-16-3-5-17-6-4-16/h1-2,7H,3-6,8H2. The Balaban J connectivity index is 2.04. The molecule has 0 saturated carbocycles. The van der Waals surface area contributed by atoms with E-state index in [-0.39, 0.29) is 5.56 Å². The predicted octanol–water partition coefficient (Wildman–Crippen LogP) is 3.06. The molecule has 17 heavy (non-hydrogen) atoms. The van der Waals surface area contributed by atoms with Crippen LogP contribution >= 0.6 is 15.9 Å². The van der Waals surface area contributed by atoms with Crippen LogP contribution in [-0.2, 0) is 11.3 Å². The second-order valence-electron chi connectivity index (χ2n) is 3.96. The summed E-state index contributed by atoms with van der Waals surface area (Å²) in [4.78, 5) is 2.25. The van der Waals surface area contributed by atoms with Crippen molar-refractivity contribution in [1.29, 1.82) is 0 Å². The van der Waals surface area contributed by atoms with E-state index >= 15 is 0 Å². The van der Waals surface area contributed by atoms with Gasteiger partial charge in [-0.3, -0.25) is 4.90 Å². The molecule has 0 aromatic heterocycles. The molecule has 2 rings (SSSR count). The highest BCUT2D eigenvalue weighted by atomic mass is 79.9. The Kier molecular flexibility index (Phi) is 4.48. The summed E-state index contributed by atoms with van der Waals surface area (Å²) < 4.78 is 30.7. The van der Waals surface area contributed by atoms with Crippen molar-refractivity contribution in [3.05, 3.63) is 40.2 Å². The molecule has 1 heterocycles. The van der Waals surface area contributed by atoms with Crippen molar-refractivity contribution in [3.8, 4) is 0 Å². The largest absolute Gasteiger partial charge is 0.379 e. The van der Waals surface area contributed by atoms with Gasteiger partial charge in [0.15, 0.2) is 0 Å². The van der Waals surface area contributed by atoms with E-state index in [9.17, 15) is 8.78 Å². The number of hydrogen-bond donors (Lipinski definition) is 0. The quantitative estimate of drug-likeness (QED) is 0.851. The predicted molar refractivity (Wildman–Crippen MR) is 64.8 cm³/mol. The molecule has 1 aromatic rings. The lowest BCUT2D eigenvalue weighted by molar-refractivity contribution is 0.0342. The molecule has 0 spiro atoms. The third-order valence-electron chi connectivity index (χ3n) is 2.75. The summed E-state index contributed by atoms with van der Waals surface area (Å²) in [5.41, 5.74) is 1.000. The number of rotatable bonds is 3. The van der Waals surface area contributed by atoms with Gasteiger partial charge in [-0.2, -0.15) is 8.78 Å². The maximum atomic E-state index is 12.5. The third kappa shape index (κ3) is 3.47. The Bertz CT molecular complexity index is 381. The van der Waals surface area contributed by atoms with Crippen molar-refractivity contribution in [2.45, 2.75) is 6.54 Å². The molecule has 0 amide bonds. The average molecular weight is 305 g/mol. The lowest BCUT2D eigenvalue weighted by Gasteiger charge is -2.26. The van der Waals surface area contributed by atoms with Crippen LogP contribution in [0.4, 0.5) is 8.78 Å². The SMILES string of the molecule is F[C](F)c1ccc(CN2CCOCC2)cc1Br. The fourth-order valence-corrected chi connectivity index (χ4v) is 2.40. The summed E-state index contributed by atoms with van der Waals surface area (Å²) in [6.07, 6.45) is -1.66. The van der Waals surface area contributed by atoms with Gasteiger partial charge in [0.25, 0.3) is 0 Å². The molecule has 1 radical (unpaired) electrons. The van der Waals surface area contributed by atoms with E-state index < -0.39 is 6.43 Å². The molecule has 0 unspecified atom stereocenters. The zero-order valence-corrected chi connectivity index (χ0v) is 10.8. The monoisotopic (exact) mass is 304 g/mol. The van der Waals surface area contributed by atoms with Gasteiger partial charge in [0, 0.05) is 29.7 Å². The molecule has 1 saturated heterocycles. The van der Waals surface area contributed by atoms with Crippen LogP contribution in [0.2, 0.25) is 0 Å². The van der Waals surface area contributed by atoms with Gasteiger partial charge in [-0.15, -0.1) is 0 Å². The minimum absolute atomic E-state index is 0.0317. The van der Waals surface area contributed by atoms with Crippen molar-refractivity contribution in [3.63, 3.8) is 0 Å². The normalized spacial score (nSPS) is 17.6. The highest BCUT2D eigenvalue weighted by Crippen LogP contribution is 2.27. The van der Waals surface area contributed by atoms with Gasteiger partial charge in [-0.1, -0.05) is 28.1 Å². The van der Waals surface area contributed by atoms with Crippen LogP contribution in [-0.4, -0.2) is 31.2 Å². The fraction of sp³-hybridized carbons (Fsp3) is 0.417. The maximum absolute atomic E-state index is 12.5. The van der Waals surface area contributed by atoms with Crippen LogP contribution in [0, 0.1) is 6.43 Å². The van der Waals surface area contributed by atoms with Crippen molar-refractivity contribution in [2.75, 3.05) is 26.3 Å². The van der Waals surface area contributed by atoms with E-state index in [2.05, 4.69) is 20.8 Å². The molecular formula is C12H13BrF2NO. The van der Waals surface area contributed by atoms with Crippen LogP contribution in [0.5, 0.6) is 0 Å². The van der Waals surface area contributed by atoms with E-state index in [1.54, 1.807) is 12.1 Å². The molecule has 5 heteroatoms. The third-order valence-corrected chi connectivity index (χ3v) is 3.40. The van der Waals surface area contributed by atoms with Gasteiger partial charge in [-0.05, 0) is 11.6 Å². The smallest absolute Gasteiger partial charge is 0.340 e. The topological polar surface area (TPSA) is 12.5 Å². The van der Waals surface area contributed by atoms with Crippen LogP contribution in [0.25, 0.3) is 0 Å². The molecule has 1 aliphatic rings. The fourth-order valence-electron chi connectivity index (χ4n) is 1.83. The number of nitrogens with zero attached hydrogens (tertiary/aromatic N) is 1. The highest BCUT2D eigenvalue weighted by Gasteiger charge is 2.15. The van der Waals surface area contributed by atoms with E-state index in [4.69, 9.17) is 4.74 Å². The first-order valence-electron chi connectivity index (χ1n) is 5.43. The van der Waals surface area contributed by atoms with Crippen LogP contribution in [0.1, 0.15) is 11.1 Å². The summed E-state index contributed by atoms with van der Waals surface area (Å²) in [6.45, 7) is 4.04. The van der Waals surface area contributed by atoms with E-state index in [1.807, 2.05) is 0 Å². The molecule has 0 atom stereocenters. The molecule has 1 fully saturated rings. The van der Waals surface area contributed by atoms with Gasteiger partial charge in [0.05, 0.1) is 13.2 Å². The summed E-state index contributed by atoms with van der Waals surface area (Å²) in [6, 6.07) is 4.95. The summed E-state index contributed by atoms with van der Waals surface area (Å²) in [5.74, 6) is 0. The van der Waals surface area contributed by atoms with E-state index in [0.717, 1.165) is 38.4 Å². The van der Waals surface area contributed by atoms with Gasteiger partial charge < -0.3 is 4.74 Å². The Hall–Kier alpha value is -0.520. The average Bonchev–Trinajstić information content (AvgIpc) is 2.30. The first-order chi connectivity index (χ1) is 8.16. The lowest BCUT2D eigenvalue weighted by atomic mass is 10.1. The summed E-state index contributed by atoms with van der Waals surface area (Å²) in [7, 11) is 0. The van der Waals surface area contributed by atoms with Crippen molar-refractivity contribution in [1.82, 2.24) is 4.90 Å². The zero-order chi connectivity index (χ0) is 12.3. The van der Waals surface area contributed by atoms with Gasteiger partial charge in [-0.25, -0.2) is 0 Å². The van der Waals surface area contributed by atoms with Crippen LogP contribution in [0.3, 0.4) is 0 Å². The maximum Gasteiger partial charge on any atom is 0.340 e. The molecule has 1 aliphatic heterocycles. The van der Waals surface area contributed by atoms with Crippen molar-refractivity contribution >= 4 is 15.9 Å². The first kappa shape index (κ1) is 12.9.